The standard InChI is InChI=1S/C26H28N2O2S/c1-4-24(26(30)28-23-14-13-18(2)15-19(23)3)31-22-12-8-11-21(17-22)27-25(29)16-20-9-6-5-7-10-20/h5-15,17,24H,4,16H2,1-3H3,(H,27,29)(H,28,30). The first-order valence-corrected chi connectivity index (χ1v) is 11.3. The van der Waals surface area contributed by atoms with Gasteiger partial charge in [-0.15, -0.1) is 11.8 Å². The van der Waals surface area contributed by atoms with Gasteiger partial charge in [-0.3, -0.25) is 9.59 Å². The Hall–Kier alpha value is -3.05. The summed E-state index contributed by atoms with van der Waals surface area (Å²) in [5.41, 5.74) is 4.77. The minimum absolute atomic E-state index is 0.0158. The molecule has 31 heavy (non-hydrogen) atoms. The molecule has 0 saturated heterocycles. The van der Waals surface area contributed by atoms with Crippen LogP contribution in [-0.4, -0.2) is 17.1 Å². The van der Waals surface area contributed by atoms with E-state index in [2.05, 4.69) is 16.7 Å². The summed E-state index contributed by atoms with van der Waals surface area (Å²) in [6, 6.07) is 23.3. The maximum Gasteiger partial charge on any atom is 0.237 e. The second kappa shape index (κ2) is 10.8. The van der Waals surface area contributed by atoms with Gasteiger partial charge in [-0.2, -0.15) is 0 Å². The van der Waals surface area contributed by atoms with E-state index >= 15 is 0 Å². The van der Waals surface area contributed by atoms with E-state index in [0.29, 0.717) is 12.8 Å². The Kier molecular flexibility index (Phi) is 7.90. The van der Waals surface area contributed by atoms with Crippen LogP contribution < -0.4 is 10.6 Å². The molecule has 2 amide bonds. The van der Waals surface area contributed by atoms with Crippen LogP contribution in [0.2, 0.25) is 0 Å². The number of thioether (sulfide) groups is 1. The van der Waals surface area contributed by atoms with Crippen molar-refractivity contribution in [3.8, 4) is 0 Å². The van der Waals surface area contributed by atoms with Crippen molar-refractivity contribution in [1.82, 2.24) is 0 Å². The molecule has 0 fully saturated rings. The van der Waals surface area contributed by atoms with Gasteiger partial charge >= 0.3 is 0 Å². The molecule has 3 aromatic carbocycles. The zero-order chi connectivity index (χ0) is 22.2. The molecule has 160 valence electrons. The predicted molar refractivity (Wildman–Crippen MR) is 130 cm³/mol. The third-order valence-electron chi connectivity index (χ3n) is 4.91. The summed E-state index contributed by atoms with van der Waals surface area (Å²) in [5.74, 6) is -0.0778. The van der Waals surface area contributed by atoms with Gasteiger partial charge in [-0.1, -0.05) is 61.0 Å². The molecule has 0 radical (unpaired) electrons. The van der Waals surface area contributed by atoms with Crippen LogP contribution in [-0.2, 0) is 16.0 Å². The van der Waals surface area contributed by atoms with E-state index in [4.69, 9.17) is 0 Å². The zero-order valence-electron chi connectivity index (χ0n) is 18.1. The summed E-state index contributed by atoms with van der Waals surface area (Å²) in [4.78, 5) is 26.2. The van der Waals surface area contributed by atoms with Crippen LogP contribution in [0.15, 0.2) is 77.7 Å². The Morgan fingerprint density at radius 2 is 1.68 bits per heavy atom. The Morgan fingerprint density at radius 1 is 0.903 bits per heavy atom. The van der Waals surface area contributed by atoms with Crippen molar-refractivity contribution in [2.24, 2.45) is 0 Å². The average molecular weight is 433 g/mol. The van der Waals surface area contributed by atoms with Crippen LogP contribution in [0.25, 0.3) is 0 Å². The van der Waals surface area contributed by atoms with Gasteiger partial charge in [0.25, 0.3) is 0 Å². The minimum atomic E-state index is -0.226. The molecule has 0 aliphatic heterocycles. The normalized spacial score (nSPS) is 11.6. The molecule has 4 nitrogen and oxygen atoms in total. The lowest BCUT2D eigenvalue weighted by Crippen LogP contribution is -2.25. The number of carbonyl (C=O) groups is 2. The highest BCUT2D eigenvalue weighted by molar-refractivity contribution is 8.00. The summed E-state index contributed by atoms with van der Waals surface area (Å²) < 4.78 is 0. The monoisotopic (exact) mass is 432 g/mol. The number of hydrogen-bond acceptors (Lipinski definition) is 3. The highest BCUT2D eigenvalue weighted by Gasteiger charge is 2.19. The first-order valence-electron chi connectivity index (χ1n) is 10.4. The van der Waals surface area contributed by atoms with Crippen LogP contribution in [0.4, 0.5) is 11.4 Å². The molecule has 0 heterocycles. The number of anilines is 2. The quantitative estimate of drug-likeness (QED) is 0.430. The summed E-state index contributed by atoms with van der Waals surface area (Å²) in [6.07, 6.45) is 1.03. The van der Waals surface area contributed by atoms with Gasteiger partial charge in [-0.05, 0) is 55.7 Å². The van der Waals surface area contributed by atoms with Crippen molar-refractivity contribution in [3.05, 3.63) is 89.5 Å². The van der Waals surface area contributed by atoms with Gasteiger partial charge in [0.2, 0.25) is 11.8 Å². The fourth-order valence-electron chi connectivity index (χ4n) is 3.29. The summed E-state index contributed by atoms with van der Waals surface area (Å²) in [6.45, 7) is 6.04. The van der Waals surface area contributed by atoms with Crippen molar-refractivity contribution in [2.75, 3.05) is 10.6 Å². The number of hydrogen-bond donors (Lipinski definition) is 2. The molecule has 0 bridgehead atoms. The Bertz CT molecular complexity index is 1050. The molecule has 1 unspecified atom stereocenters. The highest BCUT2D eigenvalue weighted by atomic mass is 32.2. The average Bonchev–Trinajstić information content (AvgIpc) is 2.75. The van der Waals surface area contributed by atoms with E-state index < -0.39 is 0 Å². The molecule has 0 saturated carbocycles. The van der Waals surface area contributed by atoms with Crippen LogP contribution in [0.5, 0.6) is 0 Å². The molecule has 3 rings (SSSR count). The molecule has 0 spiro atoms. The van der Waals surface area contributed by atoms with E-state index in [1.807, 2.05) is 87.5 Å². The molecule has 5 heteroatoms. The fraction of sp³-hybridized carbons (Fsp3) is 0.231. The predicted octanol–water partition coefficient (Wildman–Crippen LogP) is 5.99. The van der Waals surface area contributed by atoms with Crippen molar-refractivity contribution in [1.29, 1.82) is 0 Å². The zero-order valence-corrected chi connectivity index (χ0v) is 19.0. The number of nitrogens with one attached hydrogen (secondary N) is 2. The Labute approximate surface area is 188 Å². The van der Waals surface area contributed by atoms with Crippen molar-refractivity contribution in [3.63, 3.8) is 0 Å². The molecule has 0 aromatic heterocycles. The SMILES string of the molecule is CCC(Sc1cccc(NC(=O)Cc2ccccc2)c1)C(=O)Nc1ccc(C)cc1C. The fourth-order valence-corrected chi connectivity index (χ4v) is 4.30. The second-order valence-corrected chi connectivity index (χ2v) is 8.84. The molecule has 0 aliphatic carbocycles. The first-order chi connectivity index (χ1) is 14.9. The maximum absolute atomic E-state index is 12.8. The summed E-state index contributed by atoms with van der Waals surface area (Å²) in [7, 11) is 0. The van der Waals surface area contributed by atoms with Crippen LogP contribution >= 0.6 is 11.8 Å². The molecule has 0 aliphatic rings. The molecule has 3 aromatic rings. The number of carbonyl (C=O) groups excluding carboxylic acids is 2. The third-order valence-corrected chi connectivity index (χ3v) is 6.26. The molecular weight excluding hydrogens is 404 g/mol. The largest absolute Gasteiger partial charge is 0.326 e. The van der Waals surface area contributed by atoms with Crippen LogP contribution in [0.3, 0.4) is 0 Å². The van der Waals surface area contributed by atoms with Gasteiger partial charge in [0.05, 0.1) is 11.7 Å². The number of aryl methyl sites for hydroxylation is 2. The third kappa shape index (κ3) is 6.72. The lowest BCUT2D eigenvalue weighted by Gasteiger charge is -2.17. The molecular formula is C26H28N2O2S. The van der Waals surface area contributed by atoms with Gasteiger partial charge in [-0.25, -0.2) is 0 Å². The van der Waals surface area contributed by atoms with Gasteiger partial charge in [0.15, 0.2) is 0 Å². The molecule has 2 N–H and O–H groups in total. The topological polar surface area (TPSA) is 58.2 Å². The van der Waals surface area contributed by atoms with E-state index in [0.717, 1.165) is 27.4 Å². The number of benzene rings is 3. The summed E-state index contributed by atoms with van der Waals surface area (Å²) >= 11 is 1.51. The molecule has 1 atom stereocenters. The lowest BCUT2D eigenvalue weighted by atomic mass is 10.1. The van der Waals surface area contributed by atoms with Gasteiger partial charge in [0, 0.05) is 16.3 Å². The number of rotatable bonds is 8. The van der Waals surface area contributed by atoms with Crippen LogP contribution in [0.1, 0.15) is 30.0 Å². The Balaban J connectivity index is 1.62. The van der Waals surface area contributed by atoms with Crippen molar-refractivity contribution >= 4 is 35.0 Å². The lowest BCUT2D eigenvalue weighted by molar-refractivity contribution is -0.116. The highest BCUT2D eigenvalue weighted by Crippen LogP contribution is 2.29. The van der Waals surface area contributed by atoms with E-state index in [9.17, 15) is 9.59 Å². The number of amides is 2. The summed E-state index contributed by atoms with van der Waals surface area (Å²) in [5, 5.41) is 5.78. The van der Waals surface area contributed by atoms with Gasteiger partial charge < -0.3 is 10.6 Å². The Morgan fingerprint density at radius 3 is 2.39 bits per heavy atom. The first kappa shape index (κ1) is 22.6. The van der Waals surface area contributed by atoms with Crippen molar-refractivity contribution in [2.45, 2.75) is 43.8 Å². The van der Waals surface area contributed by atoms with E-state index in [1.165, 1.54) is 17.3 Å². The van der Waals surface area contributed by atoms with E-state index in [1.54, 1.807) is 0 Å². The van der Waals surface area contributed by atoms with Crippen LogP contribution in [0, 0.1) is 13.8 Å². The van der Waals surface area contributed by atoms with Crippen molar-refractivity contribution < 1.29 is 9.59 Å². The second-order valence-electron chi connectivity index (χ2n) is 7.56. The minimum Gasteiger partial charge on any atom is -0.326 e. The maximum atomic E-state index is 12.8. The smallest absolute Gasteiger partial charge is 0.237 e. The van der Waals surface area contributed by atoms with Gasteiger partial charge in [0.1, 0.15) is 0 Å². The van der Waals surface area contributed by atoms with E-state index in [-0.39, 0.29) is 17.1 Å².